The maximum Gasteiger partial charge on any atom is 0.466 e. The number of hydrogen-bond donors (Lipinski definition) is 3. The molecule has 0 saturated heterocycles. The Morgan fingerprint density at radius 1 is 1.14 bits per heavy atom. The molecule has 7 heteroatoms. The van der Waals surface area contributed by atoms with Crippen molar-refractivity contribution >= 4 is 38.7 Å². The molecule has 0 unspecified atom stereocenters. The topological polar surface area (TPSA) is 77.8 Å². The van der Waals surface area contributed by atoms with Crippen LogP contribution in [0.25, 0.3) is 0 Å². The second kappa shape index (κ2) is 5.14. The Balaban J connectivity index is -0.0000000800. The standard InChI is InChI=1S/Al.H3O4P.H2S.3H/c;1-5(2,3)4;;;;/h;(H3,1,2,3,4);1H2;;;. The summed E-state index contributed by atoms with van der Waals surface area (Å²) >= 11 is 0. The van der Waals surface area contributed by atoms with E-state index in [9.17, 15) is 0 Å². The monoisotopic (exact) mass is 162 g/mol. The van der Waals surface area contributed by atoms with E-state index in [4.69, 9.17) is 19.2 Å². The summed E-state index contributed by atoms with van der Waals surface area (Å²) in [6.45, 7) is 0. The SMILES string of the molecule is O=P(O)(O)O.S.[AlH3]. The van der Waals surface area contributed by atoms with E-state index < -0.39 is 7.82 Å². The van der Waals surface area contributed by atoms with Crippen LogP contribution in [-0.2, 0) is 4.57 Å². The van der Waals surface area contributed by atoms with E-state index in [0.717, 1.165) is 0 Å². The summed E-state index contributed by atoms with van der Waals surface area (Å²) in [5.41, 5.74) is 0. The Morgan fingerprint density at radius 3 is 1.14 bits per heavy atom. The zero-order valence-corrected chi connectivity index (χ0v) is 4.59. The van der Waals surface area contributed by atoms with Crippen molar-refractivity contribution in [2.75, 3.05) is 0 Å². The Labute approximate surface area is 58.4 Å². The first-order chi connectivity index (χ1) is 2.00. The highest BCUT2D eigenvalue weighted by atomic mass is 32.1. The molecule has 0 aromatic rings. The lowest BCUT2D eigenvalue weighted by Crippen LogP contribution is -1.66. The largest absolute Gasteiger partial charge is 0.466 e. The van der Waals surface area contributed by atoms with Gasteiger partial charge in [0.25, 0.3) is 0 Å². The van der Waals surface area contributed by atoms with Crippen LogP contribution in [0.4, 0.5) is 0 Å². The minimum absolute atomic E-state index is 0. The van der Waals surface area contributed by atoms with Gasteiger partial charge < -0.3 is 14.7 Å². The second-order valence-electron chi connectivity index (χ2n) is 0.513. The van der Waals surface area contributed by atoms with Crippen molar-refractivity contribution in [1.29, 1.82) is 0 Å². The molecule has 0 radical (unpaired) electrons. The van der Waals surface area contributed by atoms with Gasteiger partial charge in [-0.1, -0.05) is 0 Å². The highest BCUT2D eigenvalue weighted by Crippen LogP contribution is 2.25. The van der Waals surface area contributed by atoms with Crippen molar-refractivity contribution in [1.82, 2.24) is 0 Å². The van der Waals surface area contributed by atoms with Crippen LogP contribution in [0.15, 0.2) is 0 Å². The van der Waals surface area contributed by atoms with Gasteiger partial charge in [0.05, 0.1) is 0 Å². The fourth-order valence-electron chi connectivity index (χ4n) is 0. The first-order valence-electron chi connectivity index (χ1n) is 0.783. The van der Waals surface area contributed by atoms with E-state index in [1.807, 2.05) is 0 Å². The molecule has 3 N–H and O–H groups in total. The van der Waals surface area contributed by atoms with Crippen LogP contribution in [0.2, 0.25) is 0 Å². The molecule has 0 rings (SSSR count). The van der Waals surface area contributed by atoms with Gasteiger partial charge in [0.1, 0.15) is 0 Å². The molecule has 4 nitrogen and oxygen atoms in total. The van der Waals surface area contributed by atoms with Crippen LogP contribution in [0.5, 0.6) is 0 Å². The predicted molar refractivity (Wildman–Crippen MR) is 34.6 cm³/mol. The average molecular weight is 162 g/mol. The van der Waals surface area contributed by atoms with Gasteiger partial charge in [-0.2, -0.15) is 13.5 Å². The molecule has 7 heavy (non-hydrogen) atoms. The Morgan fingerprint density at radius 2 is 1.14 bits per heavy atom. The van der Waals surface area contributed by atoms with Gasteiger partial charge in [-0.15, -0.1) is 0 Å². The fourth-order valence-corrected chi connectivity index (χ4v) is 0. The number of hydrogen-bond acceptors (Lipinski definition) is 1. The summed E-state index contributed by atoms with van der Waals surface area (Å²) < 4.78 is 8.88. The molecular weight excluding hydrogens is 154 g/mol. The van der Waals surface area contributed by atoms with Crippen LogP contribution < -0.4 is 0 Å². The van der Waals surface area contributed by atoms with Gasteiger partial charge in [-0.05, 0) is 0 Å². The van der Waals surface area contributed by atoms with Crippen LogP contribution in [-0.4, -0.2) is 32.0 Å². The molecule has 46 valence electrons. The lowest BCUT2D eigenvalue weighted by Gasteiger charge is -1.82. The lowest BCUT2D eigenvalue weighted by molar-refractivity contribution is 0.275. The zero-order valence-electron chi connectivity index (χ0n) is 2.70. The zero-order chi connectivity index (χ0) is 4.50. The first kappa shape index (κ1) is 15.7. The van der Waals surface area contributed by atoms with E-state index in [0.29, 0.717) is 0 Å². The molecule has 0 fully saturated rings. The van der Waals surface area contributed by atoms with E-state index in [1.54, 1.807) is 0 Å². The average Bonchev–Trinajstić information content (AvgIpc) is 0.722. The summed E-state index contributed by atoms with van der Waals surface area (Å²) in [5, 5.41) is 0. The van der Waals surface area contributed by atoms with E-state index in [2.05, 4.69) is 0 Å². The molecule has 0 aliphatic heterocycles. The Bertz CT molecular complexity index is 57.8. The van der Waals surface area contributed by atoms with Crippen molar-refractivity contribution < 1.29 is 19.2 Å². The molecule has 0 spiro atoms. The minimum atomic E-state index is -4.64. The summed E-state index contributed by atoms with van der Waals surface area (Å²) in [4.78, 5) is 21.6. The molecular formula is H8AlO4PS. The molecule has 0 saturated carbocycles. The van der Waals surface area contributed by atoms with Gasteiger partial charge in [0.2, 0.25) is 0 Å². The summed E-state index contributed by atoms with van der Waals surface area (Å²) in [6.07, 6.45) is 0. The molecule has 0 aliphatic carbocycles. The third-order valence-corrected chi connectivity index (χ3v) is 0. The maximum atomic E-state index is 8.88. The smallest absolute Gasteiger partial charge is 0.303 e. The third kappa shape index (κ3) is 177. The second-order valence-corrected chi connectivity index (χ2v) is 1.54. The fraction of sp³-hybridized carbons (Fsp3) is 0. The highest BCUT2D eigenvalue weighted by molar-refractivity contribution is 7.59. The highest BCUT2D eigenvalue weighted by Gasteiger charge is 2.00. The van der Waals surface area contributed by atoms with Gasteiger partial charge >= 0.3 is 7.82 Å². The Kier molecular flexibility index (Phi) is 11.5. The van der Waals surface area contributed by atoms with Crippen LogP contribution in [0, 0.1) is 0 Å². The number of phosphoric acid groups is 1. The van der Waals surface area contributed by atoms with Gasteiger partial charge in [-0.3, -0.25) is 0 Å². The summed E-state index contributed by atoms with van der Waals surface area (Å²) in [6, 6.07) is 0. The van der Waals surface area contributed by atoms with Crippen molar-refractivity contribution in [2.45, 2.75) is 0 Å². The molecule has 0 aromatic carbocycles. The number of rotatable bonds is 0. The van der Waals surface area contributed by atoms with E-state index >= 15 is 0 Å². The predicted octanol–water partition coefficient (Wildman–Crippen LogP) is -2.00. The lowest BCUT2D eigenvalue weighted by atomic mass is 15.8. The molecule has 0 aliphatic rings. The molecule has 0 bridgehead atoms. The van der Waals surface area contributed by atoms with E-state index in [1.165, 1.54) is 0 Å². The van der Waals surface area contributed by atoms with Gasteiger partial charge in [0.15, 0.2) is 17.4 Å². The van der Waals surface area contributed by atoms with Crippen molar-refractivity contribution in [3.05, 3.63) is 0 Å². The van der Waals surface area contributed by atoms with Crippen LogP contribution >= 0.6 is 21.3 Å². The van der Waals surface area contributed by atoms with Crippen molar-refractivity contribution in [2.24, 2.45) is 0 Å². The Hall–Kier alpha value is 0.992. The summed E-state index contributed by atoms with van der Waals surface area (Å²) in [7, 11) is -4.64. The van der Waals surface area contributed by atoms with Gasteiger partial charge in [0, 0.05) is 0 Å². The van der Waals surface area contributed by atoms with Crippen molar-refractivity contribution in [3.8, 4) is 0 Å². The molecule has 0 heterocycles. The normalized spacial score (nSPS) is 8.43. The minimum Gasteiger partial charge on any atom is -0.303 e. The third-order valence-electron chi connectivity index (χ3n) is 0. The first-order valence-corrected chi connectivity index (χ1v) is 2.35. The van der Waals surface area contributed by atoms with Crippen LogP contribution in [0.1, 0.15) is 0 Å². The maximum absolute atomic E-state index is 8.88. The van der Waals surface area contributed by atoms with Crippen LogP contribution in [0.3, 0.4) is 0 Å². The quantitative estimate of drug-likeness (QED) is 0.284. The molecule has 0 atom stereocenters. The summed E-state index contributed by atoms with van der Waals surface area (Å²) in [5.74, 6) is 0. The van der Waals surface area contributed by atoms with Gasteiger partial charge in [-0.25, -0.2) is 4.57 Å². The van der Waals surface area contributed by atoms with Crippen molar-refractivity contribution in [3.63, 3.8) is 0 Å². The van der Waals surface area contributed by atoms with E-state index in [-0.39, 0.29) is 30.9 Å². The molecule has 0 aromatic heterocycles. The molecule has 0 amide bonds.